The average molecular weight is 1260 g/mol. The minimum Gasteiger partial charge on any atom is -0.497 e. The van der Waals surface area contributed by atoms with Crippen LogP contribution in [0.2, 0.25) is 0 Å². The van der Waals surface area contributed by atoms with E-state index in [1.165, 1.54) is 0 Å². The Hall–Kier alpha value is -5.59. The summed E-state index contributed by atoms with van der Waals surface area (Å²) in [7, 11) is 3.30. The molecule has 2 saturated carbocycles. The Morgan fingerprint density at radius 3 is 1.46 bits per heavy atom. The number of oxazole rings is 2. The molecule has 6 aromatic rings. The Labute approximate surface area is 507 Å². The normalized spacial score (nSPS) is 18.7. The molecule has 83 heavy (non-hydrogen) atoms. The van der Waals surface area contributed by atoms with Gasteiger partial charge >= 0.3 is 11.9 Å². The molecule has 0 radical (unpaired) electrons. The lowest BCUT2D eigenvalue weighted by Crippen LogP contribution is -2.46. The summed E-state index contributed by atoms with van der Waals surface area (Å²) in [5.74, 6) is 4.56. The van der Waals surface area contributed by atoms with E-state index in [1.54, 1.807) is 14.2 Å². The van der Waals surface area contributed by atoms with E-state index < -0.39 is 22.4 Å². The van der Waals surface area contributed by atoms with Crippen LogP contribution >= 0.6 is 22.6 Å². The molecule has 0 spiro atoms. The van der Waals surface area contributed by atoms with Crippen LogP contribution in [0.1, 0.15) is 155 Å². The Bertz CT molecular complexity index is 2890. The largest absolute Gasteiger partial charge is 0.497 e. The van der Waals surface area contributed by atoms with Crippen LogP contribution in [0.4, 0.5) is 0 Å². The van der Waals surface area contributed by atoms with Crippen LogP contribution < -0.4 is 9.47 Å². The first-order chi connectivity index (χ1) is 39.5. The van der Waals surface area contributed by atoms with E-state index >= 15 is 0 Å². The van der Waals surface area contributed by atoms with Crippen molar-refractivity contribution < 1.29 is 56.7 Å². The third-order valence-electron chi connectivity index (χ3n) is 14.6. The molecule has 6 atom stereocenters. The molecule has 2 heterocycles. The van der Waals surface area contributed by atoms with Gasteiger partial charge < -0.3 is 47.1 Å². The summed E-state index contributed by atoms with van der Waals surface area (Å²) >= 11 is 2.30. The molecule has 8 rings (SSSR count). The molecule has 2 fully saturated rings. The summed E-state index contributed by atoms with van der Waals surface area (Å²) in [6, 6.07) is 35.3. The molecule has 0 aliphatic heterocycles. The maximum atomic E-state index is 13.3. The van der Waals surface area contributed by atoms with Gasteiger partial charge in [-0.3, -0.25) is 0 Å². The zero-order valence-electron chi connectivity index (χ0n) is 51.2. The topological polar surface area (TPSA) is 171 Å². The second-order valence-corrected chi connectivity index (χ2v) is 24.9. The molecule has 14 nitrogen and oxygen atoms in total. The van der Waals surface area contributed by atoms with E-state index in [-0.39, 0.29) is 24.1 Å². The minimum atomic E-state index is -1.07. The van der Waals surface area contributed by atoms with E-state index in [0.717, 1.165) is 125 Å². The number of benzene rings is 4. The third kappa shape index (κ3) is 21.2. The van der Waals surface area contributed by atoms with Crippen LogP contribution in [0.25, 0.3) is 22.9 Å². The molecule has 0 bridgehead atoms. The second kappa shape index (κ2) is 31.5. The number of ether oxygens (including phenoxy) is 7. The molecule has 2 unspecified atom stereocenters. The van der Waals surface area contributed by atoms with Crippen LogP contribution in [-0.2, 0) is 70.0 Å². The minimum absolute atomic E-state index is 0.0981. The van der Waals surface area contributed by atoms with Gasteiger partial charge in [-0.25, -0.2) is 19.6 Å². The van der Waals surface area contributed by atoms with Crippen molar-refractivity contribution in [3.8, 4) is 34.4 Å². The molecule has 0 saturated heterocycles. The van der Waals surface area contributed by atoms with Gasteiger partial charge in [0.1, 0.15) is 39.9 Å². The first kappa shape index (κ1) is 66.5. The highest BCUT2D eigenvalue weighted by Gasteiger charge is 2.41. The van der Waals surface area contributed by atoms with Gasteiger partial charge in [-0.2, -0.15) is 0 Å². The van der Waals surface area contributed by atoms with E-state index in [2.05, 4.69) is 41.4 Å². The average Bonchev–Trinajstić information content (AvgIpc) is 4.28. The highest BCUT2D eigenvalue weighted by Crippen LogP contribution is 2.34. The Morgan fingerprint density at radius 2 is 1.04 bits per heavy atom. The molecule has 4 aromatic carbocycles. The van der Waals surface area contributed by atoms with Crippen LogP contribution in [0.15, 0.2) is 118 Å². The number of hydrogen-bond donors (Lipinski definition) is 1. The number of esters is 2. The number of aliphatic hydroxyl groups excluding tert-OH is 1. The maximum absolute atomic E-state index is 13.3. The zero-order chi connectivity index (χ0) is 60.2. The molecular formula is C68H91IN2O12. The fourth-order valence-corrected chi connectivity index (χ4v) is 10.8. The number of hydrogen-bond acceptors (Lipinski definition) is 14. The summed E-state index contributed by atoms with van der Waals surface area (Å²) < 4.78 is 53.6. The number of aliphatic hydroxyl groups is 1. The van der Waals surface area contributed by atoms with Crippen LogP contribution in [-0.4, -0.2) is 89.1 Å². The molecule has 1 N–H and O–H groups in total. The van der Waals surface area contributed by atoms with Gasteiger partial charge in [0.05, 0.1) is 51.9 Å². The summed E-state index contributed by atoms with van der Waals surface area (Å²) in [5.41, 5.74) is 2.53. The lowest BCUT2D eigenvalue weighted by atomic mass is 9.87. The van der Waals surface area contributed by atoms with E-state index in [4.69, 9.17) is 47.0 Å². The van der Waals surface area contributed by atoms with Gasteiger partial charge in [0.25, 0.3) is 0 Å². The van der Waals surface area contributed by atoms with Crippen molar-refractivity contribution in [2.75, 3.05) is 27.4 Å². The highest BCUT2D eigenvalue weighted by atomic mass is 127. The fraction of sp³-hybridized carbons (Fsp3) is 0.529. The van der Waals surface area contributed by atoms with E-state index in [9.17, 15) is 14.7 Å². The van der Waals surface area contributed by atoms with Gasteiger partial charge in [0.2, 0.25) is 11.8 Å². The second-order valence-electron chi connectivity index (χ2n) is 24.1. The first-order valence-electron chi connectivity index (χ1n) is 29.5. The van der Waals surface area contributed by atoms with Crippen molar-refractivity contribution in [3.63, 3.8) is 0 Å². The van der Waals surface area contributed by atoms with Crippen molar-refractivity contribution in [1.82, 2.24) is 9.97 Å². The van der Waals surface area contributed by atoms with Crippen LogP contribution in [0.3, 0.4) is 0 Å². The molecule has 15 heteroatoms. The lowest BCUT2D eigenvalue weighted by molar-refractivity contribution is -0.184. The fourth-order valence-electron chi connectivity index (χ4n) is 10.2. The quantitative estimate of drug-likeness (QED) is 0.0387. The van der Waals surface area contributed by atoms with E-state index in [0.29, 0.717) is 56.3 Å². The van der Waals surface area contributed by atoms with Crippen LogP contribution in [0.5, 0.6) is 11.5 Å². The third-order valence-corrected chi connectivity index (χ3v) is 15.3. The maximum Gasteiger partial charge on any atom is 0.338 e. The molecule has 0 amide bonds. The number of nitrogens with zero attached hydrogens (tertiary/aromatic N) is 2. The highest BCUT2D eigenvalue weighted by molar-refractivity contribution is 14.1. The lowest BCUT2D eigenvalue weighted by Gasteiger charge is -2.35. The molecular weight excluding hydrogens is 1160 g/mol. The summed E-state index contributed by atoms with van der Waals surface area (Å²) in [6.45, 7) is 20.4. The number of methoxy groups -OCH3 is 2. The summed E-state index contributed by atoms with van der Waals surface area (Å²) in [5, 5.41) is 9.86. The van der Waals surface area contributed by atoms with Gasteiger partial charge in [-0.15, -0.1) is 0 Å². The number of rotatable bonds is 22. The Kier molecular flexibility index (Phi) is 25.3. The number of carbonyl (C=O) groups is 2. The SMILES string of the molecule is CC(C)(C)OC(=O)C(C)(Cc1ccccc1)OC[C@@H]1CCC[C@H](O)C1.CCc1oc(-c2cccc(OC)c2)nc1CI.CCc1oc(-c2cccc(OC)c2)nc1CO[C@H]1CCC[C@@H](COC(C)(Cc2ccccc2)C(=O)OC(C)(C)C)C1. The van der Waals surface area contributed by atoms with E-state index in [1.807, 2.05) is 165 Å². The number of carbonyl (C=O) groups excluding carboxylic acids is 2. The van der Waals surface area contributed by atoms with Crippen molar-refractivity contribution in [3.05, 3.63) is 143 Å². The Morgan fingerprint density at radius 1 is 0.590 bits per heavy atom. The molecule has 452 valence electrons. The van der Waals surface area contributed by atoms with Crippen molar-refractivity contribution in [2.45, 2.75) is 192 Å². The number of alkyl halides is 1. The first-order valence-corrected chi connectivity index (χ1v) is 31.0. The zero-order valence-corrected chi connectivity index (χ0v) is 53.4. The van der Waals surface area contributed by atoms with Gasteiger partial charge in [0.15, 0.2) is 11.2 Å². The van der Waals surface area contributed by atoms with Crippen molar-refractivity contribution >= 4 is 34.5 Å². The predicted octanol–water partition coefficient (Wildman–Crippen LogP) is 15.1. The standard InChI is InChI=1S/C34H45NO6.C21H32O4.C13H14INO2/c1-7-30-29(35-31(40-30)26-16-12-17-27(20-26)37-6)23-38-28-18-11-15-25(19-28)22-39-34(5,32(36)41-33(2,3)4)21-24-13-9-8-10-14-24;1-20(2,3)25-19(23)21(4,14-16-9-6-5-7-10-16)24-15-17-11-8-12-18(22)13-17;1-3-12-11(8-14)15-13(17-12)9-5-4-6-10(7-9)16-2/h8-10,12-14,16-17,20,25,28H,7,11,15,18-19,21-23H2,1-6H3;5-7,9-10,17-18,22H,8,11-15H2,1-4H3;4-7H,3,8H2,1-2H3/t25-,28+,34?;17-,18+,21?;/m11./s1. The predicted molar refractivity (Wildman–Crippen MR) is 333 cm³/mol. The number of aryl methyl sites for hydroxylation is 2. The van der Waals surface area contributed by atoms with Gasteiger partial charge in [-0.05, 0) is 153 Å². The van der Waals surface area contributed by atoms with Gasteiger partial charge in [-0.1, -0.05) is 122 Å². The number of halogens is 1. The summed E-state index contributed by atoms with van der Waals surface area (Å²) in [6.07, 6.45) is 10.00. The number of aromatic nitrogens is 2. The van der Waals surface area contributed by atoms with Crippen molar-refractivity contribution in [2.24, 2.45) is 11.8 Å². The smallest absolute Gasteiger partial charge is 0.338 e. The molecule has 2 aliphatic carbocycles. The summed E-state index contributed by atoms with van der Waals surface area (Å²) in [4.78, 5) is 35.4. The Balaban J connectivity index is 0.000000222. The molecule has 2 aromatic heterocycles. The monoisotopic (exact) mass is 1250 g/mol. The molecule has 2 aliphatic rings. The van der Waals surface area contributed by atoms with Crippen LogP contribution in [0, 0.1) is 11.8 Å². The van der Waals surface area contributed by atoms with Gasteiger partial charge in [0, 0.05) is 41.2 Å². The van der Waals surface area contributed by atoms with Crippen molar-refractivity contribution in [1.29, 1.82) is 0 Å².